The molecule has 20 aliphatic rings. The normalized spacial score (nSPS) is 140. The van der Waals surface area contributed by atoms with Crippen LogP contribution in [0.25, 0.3) is 0 Å². The molecule has 20 heterocycles. The van der Waals surface area contributed by atoms with E-state index in [0.29, 0.717) is 0 Å². The van der Waals surface area contributed by atoms with Crippen molar-refractivity contribution in [1.82, 2.24) is 0 Å². The van der Waals surface area contributed by atoms with Gasteiger partial charge in [-0.05, 0) is 0 Å². The van der Waals surface area contributed by atoms with Crippen LogP contribution in [-0.2, 0) is 17.8 Å². The minimum atomic E-state index is -3.32. The van der Waals surface area contributed by atoms with Crippen molar-refractivity contribution >= 4 is 6.08 Å². The second-order valence-electron chi connectivity index (χ2n) is 21.2. The van der Waals surface area contributed by atoms with Gasteiger partial charge < -0.3 is 0 Å². The van der Waals surface area contributed by atoms with Crippen LogP contribution in [0.3, 0.4) is 0 Å². The Morgan fingerprint density at radius 1 is 0.690 bits per heavy atom. The van der Waals surface area contributed by atoms with Crippen LogP contribution in [0.15, 0.2) is 4.99 Å². The molecule has 2 spiro atoms. The van der Waals surface area contributed by atoms with Crippen LogP contribution < -0.4 is 0 Å². The van der Waals surface area contributed by atoms with Crippen molar-refractivity contribution in [2.75, 3.05) is 0 Å². The molecule has 8 atom stereocenters. The van der Waals surface area contributed by atoms with Gasteiger partial charge in [-0.1, -0.05) is 0 Å². The topological polar surface area (TPSA) is 29.4 Å². The van der Waals surface area contributed by atoms with Crippen molar-refractivity contribution in [3.63, 3.8) is 0 Å². The number of hydrogen-bond acceptors (Lipinski definition) is 2. The average molecular weight is 467 g/mol. The molecular formula is C25H25Fe2NO. The first-order chi connectivity index (χ1) is 13.7. The van der Waals surface area contributed by atoms with Gasteiger partial charge in [0, 0.05) is 0 Å². The van der Waals surface area contributed by atoms with Gasteiger partial charge in [-0.3, -0.25) is 0 Å². The zero-order valence-corrected chi connectivity index (χ0v) is 18.6. The fraction of sp³-hybridized carbons (Fsp3) is 0.960. The molecule has 2 nitrogen and oxygen atoms in total. The Labute approximate surface area is 149 Å². The Morgan fingerprint density at radius 2 is 1.03 bits per heavy atom. The molecule has 0 amide bonds. The molecule has 0 aromatic carbocycles. The first-order valence-electron chi connectivity index (χ1n) is 13.2. The molecule has 20 fully saturated rings. The van der Waals surface area contributed by atoms with E-state index < -0.39 is 13.0 Å². The minimum absolute atomic E-state index is 0.278. The zero-order valence-electron chi connectivity index (χ0n) is 16.4. The molecule has 29 heavy (non-hydrogen) atoms. The van der Waals surface area contributed by atoms with Gasteiger partial charge >= 0.3 is 150 Å². The molecule has 0 aromatic heterocycles. The summed E-state index contributed by atoms with van der Waals surface area (Å²) in [5.74, 6) is 0. The van der Waals surface area contributed by atoms with E-state index in [1.807, 2.05) is 0 Å². The van der Waals surface area contributed by atoms with Gasteiger partial charge in [0.05, 0.1) is 0 Å². The summed E-state index contributed by atoms with van der Waals surface area (Å²) in [5, 5.41) is 0. The van der Waals surface area contributed by atoms with E-state index in [0.717, 1.165) is 8.63 Å². The van der Waals surface area contributed by atoms with E-state index in [4.69, 9.17) is 4.99 Å². The molecular weight excluding hydrogens is 442 g/mol. The van der Waals surface area contributed by atoms with Gasteiger partial charge in [-0.15, -0.1) is 0 Å². The molecule has 4 heteroatoms. The van der Waals surface area contributed by atoms with Crippen molar-refractivity contribution in [3.8, 4) is 0 Å². The molecule has 0 saturated carbocycles. The predicted octanol–water partition coefficient (Wildman–Crippen LogP) is 7.38. The van der Waals surface area contributed by atoms with Crippen molar-refractivity contribution in [2.24, 2.45) is 4.99 Å². The van der Waals surface area contributed by atoms with Crippen LogP contribution in [-0.4, -0.2) is 11.6 Å². The monoisotopic (exact) mass is 467 g/mol. The number of rotatable bonds is 5. The Balaban J connectivity index is 1.16. The van der Waals surface area contributed by atoms with Crippen molar-refractivity contribution in [3.05, 3.63) is 0 Å². The maximum atomic E-state index is 12.5. The van der Waals surface area contributed by atoms with Crippen LogP contribution in [0.4, 0.5) is 0 Å². The van der Waals surface area contributed by atoms with Crippen LogP contribution >= 0.6 is 0 Å². The second kappa shape index (κ2) is 0.771. The Bertz CT molecular complexity index is 1940. The summed E-state index contributed by atoms with van der Waals surface area (Å²) in [6.45, 7) is -4.16. The van der Waals surface area contributed by atoms with Gasteiger partial charge in [0.25, 0.3) is 0 Å². The van der Waals surface area contributed by atoms with Gasteiger partial charge in [-0.2, -0.15) is 0 Å². The summed E-state index contributed by atoms with van der Waals surface area (Å²) in [7, 11) is 0. The van der Waals surface area contributed by atoms with Crippen molar-refractivity contribution in [2.45, 2.75) is 121 Å². The number of fused-ring (bicyclic) bond motifs is 20. The molecule has 20 saturated heterocycles. The maximum absolute atomic E-state index is 12.5. The standard InChI is InChI=1S/C15H15NO.2C5H5.2Fe/c1-2-11-15(16-12-17,13-7-3-4-8-13)14-9-5-6-10-14;2*1-2-4-5-3-1;;/h3-10H,2,11H2,1H3;2*1-5H;;. The molecule has 152 valence electrons. The quantitative estimate of drug-likeness (QED) is 0.236. The fourth-order valence-electron chi connectivity index (χ4n) is 36.0. The molecule has 0 radical (unpaired) electrons. The average Bonchev–Trinajstić information content (AvgIpc) is 3.61. The first-order valence-corrected chi connectivity index (χ1v) is 25.8. The van der Waals surface area contributed by atoms with Gasteiger partial charge in [0.2, 0.25) is 0 Å². The molecule has 0 aliphatic carbocycles. The van der Waals surface area contributed by atoms with Crippen molar-refractivity contribution < 1.29 is 17.8 Å². The van der Waals surface area contributed by atoms with Crippen LogP contribution in [0, 0.1) is 0 Å². The molecule has 8 unspecified atom stereocenters. The first kappa shape index (κ1) is 10.1. The van der Waals surface area contributed by atoms with Crippen LogP contribution in [0.1, 0.15) is 19.8 Å². The summed E-state index contributed by atoms with van der Waals surface area (Å²) >= 11 is 0. The van der Waals surface area contributed by atoms with E-state index >= 15 is 0 Å². The molecule has 0 N–H and O–H groups in total. The van der Waals surface area contributed by atoms with Gasteiger partial charge in [-0.25, -0.2) is 0 Å². The number of hydrogen-bond donors (Lipinski definition) is 0. The van der Waals surface area contributed by atoms with Crippen LogP contribution in [0.5, 0.6) is 0 Å². The Kier molecular flexibility index (Phi) is 0.270. The van der Waals surface area contributed by atoms with Crippen LogP contribution in [0.2, 0.25) is 95.3 Å². The van der Waals surface area contributed by atoms with E-state index in [1.54, 1.807) is 0 Å². The number of carbonyl (C=O) groups excluding carboxylic acids is 1. The summed E-state index contributed by atoms with van der Waals surface area (Å²) in [6.07, 6.45) is 5.21. The summed E-state index contributed by atoms with van der Waals surface area (Å²) in [4.78, 5) is 42.9. The van der Waals surface area contributed by atoms with E-state index in [2.05, 4.69) is 13.0 Å². The molecule has 20 rings (SSSR count). The molecule has 20 aliphatic heterocycles. The fourth-order valence-corrected chi connectivity index (χ4v) is 187. The SMILES string of the molecule is CCCC(N=C=O)([C]12[CH]3[CH]4[CH]5[CH]1[Fe]45321678[CH]2[CH]1[CH]6[CH]7[CH]28)[C]12[CH]3[CH]4[CH]5[CH]1[Fe]45321678[CH]2[CH]1[CH]6[CH]7[CH]28. The number of nitrogens with zero attached hydrogens (tertiary/aromatic N) is 1. The van der Waals surface area contributed by atoms with E-state index in [-0.39, 0.29) is 5.54 Å². The van der Waals surface area contributed by atoms with Gasteiger partial charge in [0.15, 0.2) is 0 Å². The third-order valence-corrected chi connectivity index (χ3v) is 116. The summed E-state index contributed by atoms with van der Waals surface area (Å²) in [5.41, 5.74) is 0.278. The number of isocyanates is 1. The Hall–Kier alpha value is 0.419. The molecule has 0 bridgehead atoms. The second-order valence-corrected chi connectivity index (χ2v) is 68.3. The third kappa shape index (κ3) is 0.0969. The summed E-state index contributed by atoms with van der Waals surface area (Å²) in [6, 6.07) is 0. The summed E-state index contributed by atoms with van der Waals surface area (Å²) < 4.78 is 1.66. The third-order valence-electron chi connectivity index (χ3n) is 31.5. The Morgan fingerprint density at radius 3 is 1.21 bits per heavy atom. The molecule has 0 aromatic rings. The van der Waals surface area contributed by atoms with Gasteiger partial charge in [0.1, 0.15) is 0 Å². The predicted molar refractivity (Wildman–Crippen MR) is 98.6 cm³/mol. The zero-order chi connectivity index (χ0) is 17.4. The van der Waals surface area contributed by atoms with Crippen molar-refractivity contribution in [1.29, 1.82) is 0 Å². The number of aliphatic imine (C=N–C) groups is 1. The van der Waals surface area contributed by atoms with E-state index in [1.165, 1.54) is 99.5 Å². The van der Waals surface area contributed by atoms with E-state index in [9.17, 15) is 4.79 Å².